The lowest BCUT2D eigenvalue weighted by Gasteiger charge is -2.27. The standard InChI is InChI=1S/C21H17ClN6O3/c22-12-1-2-17-13(5-12)18(29)15(19(23)31-17)9-28-4-3-16-14(8-28)21(30)27-20(26-16)11-6-24-10-25-7-11/h1-2,5-7,10H,3-4,8-9,23H2,(H,26,27,30). The molecule has 3 aromatic heterocycles. The zero-order valence-electron chi connectivity index (χ0n) is 16.3. The molecule has 31 heavy (non-hydrogen) atoms. The second-order valence-corrected chi connectivity index (χ2v) is 7.78. The van der Waals surface area contributed by atoms with Crippen molar-refractivity contribution < 1.29 is 4.42 Å². The highest BCUT2D eigenvalue weighted by atomic mass is 35.5. The summed E-state index contributed by atoms with van der Waals surface area (Å²) in [6, 6.07) is 4.83. The third kappa shape index (κ3) is 3.58. The van der Waals surface area contributed by atoms with Gasteiger partial charge in [-0.3, -0.25) is 14.5 Å². The molecule has 0 aliphatic carbocycles. The number of aromatic nitrogens is 4. The third-order valence-corrected chi connectivity index (χ3v) is 5.58. The molecule has 0 atom stereocenters. The first-order valence-electron chi connectivity index (χ1n) is 9.60. The van der Waals surface area contributed by atoms with Gasteiger partial charge >= 0.3 is 0 Å². The number of rotatable bonds is 3. The van der Waals surface area contributed by atoms with E-state index in [-0.39, 0.29) is 23.4 Å². The van der Waals surface area contributed by atoms with Gasteiger partial charge < -0.3 is 15.1 Å². The molecular weight excluding hydrogens is 420 g/mol. The van der Waals surface area contributed by atoms with Gasteiger partial charge in [0.15, 0.2) is 11.3 Å². The molecule has 0 unspecified atom stereocenters. The zero-order chi connectivity index (χ0) is 21.5. The summed E-state index contributed by atoms with van der Waals surface area (Å²) in [5.41, 5.74) is 8.26. The molecule has 10 heteroatoms. The van der Waals surface area contributed by atoms with Crippen LogP contribution < -0.4 is 16.7 Å². The molecule has 1 aliphatic heterocycles. The molecule has 3 N–H and O–H groups in total. The zero-order valence-corrected chi connectivity index (χ0v) is 17.0. The summed E-state index contributed by atoms with van der Waals surface area (Å²) in [7, 11) is 0. The number of fused-ring (bicyclic) bond motifs is 2. The van der Waals surface area contributed by atoms with Crippen molar-refractivity contribution in [2.45, 2.75) is 19.5 Å². The molecule has 4 aromatic rings. The molecule has 5 rings (SSSR count). The van der Waals surface area contributed by atoms with Gasteiger partial charge in [0.2, 0.25) is 0 Å². The van der Waals surface area contributed by atoms with Gasteiger partial charge in [0.25, 0.3) is 5.56 Å². The first kappa shape index (κ1) is 19.4. The van der Waals surface area contributed by atoms with Crippen LogP contribution >= 0.6 is 11.6 Å². The monoisotopic (exact) mass is 436 g/mol. The van der Waals surface area contributed by atoms with Crippen molar-refractivity contribution in [2.75, 3.05) is 12.3 Å². The fourth-order valence-electron chi connectivity index (χ4n) is 3.77. The molecule has 0 saturated heterocycles. The number of H-pyrrole nitrogens is 1. The summed E-state index contributed by atoms with van der Waals surface area (Å²) in [5, 5.41) is 0.822. The van der Waals surface area contributed by atoms with E-state index in [9.17, 15) is 9.59 Å². The van der Waals surface area contributed by atoms with Gasteiger partial charge in [-0.1, -0.05) is 11.6 Å². The highest BCUT2D eigenvalue weighted by Crippen LogP contribution is 2.24. The average molecular weight is 437 g/mol. The maximum absolute atomic E-state index is 13.0. The second-order valence-electron chi connectivity index (χ2n) is 7.34. The van der Waals surface area contributed by atoms with E-state index in [4.69, 9.17) is 21.8 Å². The number of aromatic amines is 1. The van der Waals surface area contributed by atoms with E-state index in [1.165, 1.54) is 6.33 Å². The Bertz CT molecular complexity index is 1420. The van der Waals surface area contributed by atoms with Crippen LogP contribution in [0, 0.1) is 0 Å². The van der Waals surface area contributed by atoms with Crippen LogP contribution in [-0.4, -0.2) is 31.4 Å². The summed E-state index contributed by atoms with van der Waals surface area (Å²) in [6.07, 6.45) is 5.17. The van der Waals surface area contributed by atoms with Crippen LogP contribution in [-0.2, 0) is 19.5 Å². The Morgan fingerprint density at radius 3 is 2.84 bits per heavy atom. The predicted octanol–water partition coefficient (Wildman–Crippen LogP) is 2.13. The third-order valence-electron chi connectivity index (χ3n) is 5.34. The minimum atomic E-state index is -0.224. The van der Waals surface area contributed by atoms with Crippen molar-refractivity contribution in [1.82, 2.24) is 24.8 Å². The van der Waals surface area contributed by atoms with E-state index in [2.05, 4.69) is 19.9 Å². The number of hydrogen-bond acceptors (Lipinski definition) is 8. The fourth-order valence-corrected chi connectivity index (χ4v) is 3.94. The Hall–Kier alpha value is -3.56. The fraction of sp³-hybridized carbons (Fsp3) is 0.190. The van der Waals surface area contributed by atoms with Crippen LogP contribution in [0.3, 0.4) is 0 Å². The maximum atomic E-state index is 13.0. The second kappa shape index (κ2) is 7.60. The normalized spacial score (nSPS) is 14.0. The van der Waals surface area contributed by atoms with E-state index in [1.54, 1.807) is 30.6 Å². The Morgan fingerprint density at radius 1 is 1.23 bits per heavy atom. The Kier molecular flexibility index (Phi) is 4.76. The molecule has 0 bridgehead atoms. The van der Waals surface area contributed by atoms with Gasteiger partial charge in [0, 0.05) is 43.5 Å². The summed E-state index contributed by atoms with van der Waals surface area (Å²) >= 11 is 6.03. The van der Waals surface area contributed by atoms with Gasteiger partial charge in [-0.15, -0.1) is 0 Å². The van der Waals surface area contributed by atoms with Crippen molar-refractivity contribution >= 4 is 28.5 Å². The SMILES string of the molecule is Nc1oc2ccc(Cl)cc2c(=O)c1CN1CCc2nc(-c3cncnc3)[nH]c(=O)c2C1. The van der Waals surface area contributed by atoms with Crippen molar-refractivity contribution in [3.63, 3.8) is 0 Å². The maximum Gasteiger partial charge on any atom is 0.255 e. The van der Waals surface area contributed by atoms with Crippen LogP contribution in [0.2, 0.25) is 5.02 Å². The highest BCUT2D eigenvalue weighted by molar-refractivity contribution is 6.31. The Labute approximate surface area is 180 Å². The molecule has 0 fully saturated rings. The number of nitrogens with one attached hydrogen (secondary N) is 1. The lowest BCUT2D eigenvalue weighted by Crippen LogP contribution is -2.36. The molecule has 0 spiro atoms. The van der Waals surface area contributed by atoms with E-state index >= 15 is 0 Å². The van der Waals surface area contributed by atoms with E-state index in [0.29, 0.717) is 58.0 Å². The topological polar surface area (TPSA) is 131 Å². The van der Waals surface area contributed by atoms with Crippen LogP contribution in [0.15, 0.2) is 50.9 Å². The molecule has 0 amide bonds. The largest absolute Gasteiger partial charge is 0.440 e. The highest BCUT2D eigenvalue weighted by Gasteiger charge is 2.24. The number of anilines is 1. The van der Waals surface area contributed by atoms with Crippen molar-refractivity contribution in [2.24, 2.45) is 0 Å². The molecular formula is C21H17ClN6O3. The van der Waals surface area contributed by atoms with Crippen molar-refractivity contribution in [1.29, 1.82) is 0 Å². The molecule has 156 valence electrons. The number of nitrogens with two attached hydrogens (primary N) is 1. The van der Waals surface area contributed by atoms with Crippen LogP contribution in [0.4, 0.5) is 5.88 Å². The summed E-state index contributed by atoms with van der Waals surface area (Å²) in [5.74, 6) is 0.506. The predicted molar refractivity (Wildman–Crippen MR) is 116 cm³/mol. The minimum Gasteiger partial charge on any atom is -0.440 e. The van der Waals surface area contributed by atoms with E-state index in [0.717, 1.165) is 5.69 Å². The van der Waals surface area contributed by atoms with Crippen LogP contribution in [0.5, 0.6) is 0 Å². The quantitative estimate of drug-likeness (QED) is 0.499. The van der Waals surface area contributed by atoms with Crippen molar-refractivity contribution in [3.8, 4) is 11.4 Å². The Morgan fingerprint density at radius 2 is 2.03 bits per heavy atom. The molecule has 0 radical (unpaired) electrons. The van der Waals surface area contributed by atoms with Crippen LogP contribution in [0.25, 0.3) is 22.4 Å². The Balaban J connectivity index is 1.46. The number of halogens is 1. The number of hydrogen-bond donors (Lipinski definition) is 2. The molecule has 1 aliphatic rings. The van der Waals surface area contributed by atoms with Crippen LogP contribution in [0.1, 0.15) is 16.8 Å². The minimum absolute atomic E-state index is 0.0667. The molecule has 0 saturated carbocycles. The van der Waals surface area contributed by atoms with Gasteiger partial charge in [-0.2, -0.15) is 0 Å². The summed E-state index contributed by atoms with van der Waals surface area (Å²) < 4.78 is 5.63. The molecule has 9 nitrogen and oxygen atoms in total. The van der Waals surface area contributed by atoms with Gasteiger partial charge in [-0.25, -0.2) is 15.0 Å². The lowest BCUT2D eigenvalue weighted by atomic mass is 10.1. The number of nitrogens with zero attached hydrogens (tertiary/aromatic N) is 4. The number of nitrogen functional groups attached to an aromatic ring is 1. The smallest absolute Gasteiger partial charge is 0.255 e. The number of benzene rings is 1. The van der Waals surface area contributed by atoms with Gasteiger partial charge in [-0.05, 0) is 18.2 Å². The molecule has 4 heterocycles. The molecule has 1 aromatic carbocycles. The summed E-state index contributed by atoms with van der Waals surface area (Å²) in [4.78, 5) is 43.0. The summed E-state index contributed by atoms with van der Waals surface area (Å²) in [6.45, 7) is 1.21. The van der Waals surface area contributed by atoms with Gasteiger partial charge in [0.05, 0.1) is 27.8 Å². The lowest BCUT2D eigenvalue weighted by molar-refractivity contribution is 0.240. The first-order valence-corrected chi connectivity index (χ1v) is 9.98. The average Bonchev–Trinajstić information content (AvgIpc) is 2.78. The first-order chi connectivity index (χ1) is 15.0. The van der Waals surface area contributed by atoms with Crippen molar-refractivity contribution in [3.05, 3.63) is 79.3 Å². The van der Waals surface area contributed by atoms with Gasteiger partial charge in [0.1, 0.15) is 17.7 Å². The van der Waals surface area contributed by atoms with E-state index < -0.39 is 0 Å². The van der Waals surface area contributed by atoms with E-state index in [1.807, 2.05) is 4.90 Å².